The zero-order valence-electron chi connectivity index (χ0n) is 13.7. The smallest absolute Gasteiger partial charge is 0.349 e. The summed E-state index contributed by atoms with van der Waals surface area (Å²) in [4.78, 5) is 33.7. The van der Waals surface area contributed by atoms with Crippen LogP contribution in [0.4, 0.5) is 10.7 Å². The SMILES string of the molecule is CCCCc1ccc(NC(=O)COC(=O)c2ccc([N+](=O)[O-])s2)cc1. The average molecular weight is 362 g/mol. The summed E-state index contributed by atoms with van der Waals surface area (Å²) in [7, 11) is 0. The van der Waals surface area contributed by atoms with E-state index in [1.54, 1.807) is 12.1 Å². The van der Waals surface area contributed by atoms with Gasteiger partial charge in [-0.05, 0) is 36.6 Å². The molecular formula is C17H18N2O5S. The van der Waals surface area contributed by atoms with E-state index in [9.17, 15) is 19.7 Å². The summed E-state index contributed by atoms with van der Waals surface area (Å²) < 4.78 is 4.87. The molecule has 8 heteroatoms. The molecule has 7 nitrogen and oxygen atoms in total. The molecule has 0 saturated carbocycles. The van der Waals surface area contributed by atoms with E-state index in [2.05, 4.69) is 12.2 Å². The molecule has 132 valence electrons. The van der Waals surface area contributed by atoms with Crippen LogP contribution in [0.1, 0.15) is 35.0 Å². The highest BCUT2D eigenvalue weighted by Gasteiger charge is 2.17. The van der Waals surface area contributed by atoms with Gasteiger partial charge in [0.2, 0.25) is 0 Å². The van der Waals surface area contributed by atoms with E-state index < -0.39 is 23.4 Å². The summed E-state index contributed by atoms with van der Waals surface area (Å²) in [5, 5.41) is 13.1. The van der Waals surface area contributed by atoms with Crippen LogP contribution >= 0.6 is 11.3 Å². The van der Waals surface area contributed by atoms with Gasteiger partial charge >= 0.3 is 11.0 Å². The maximum absolute atomic E-state index is 11.8. The van der Waals surface area contributed by atoms with Gasteiger partial charge < -0.3 is 10.1 Å². The fourth-order valence-electron chi connectivity index (χ4n) is 2.07. The molecule has 1 N–H and O–H groups in total. The highest BCUT2D eigenvalue weighted by Crippen LogP contribution is 2.24. The predicted molar refractivity (Wildman–Crippen MR) is 94.9 cm³/mol. The first-order valence-corrected chi connectivity index (χ1v) is 8.61. The maximum Gasteiger partial charge on any atom is 0.349 e. The van der Waals surface area contributed by atoms with E-state index >= 15 is 0 Å². The number of thiophene rings is 1. The highest BCUT2D eigenvalue weighted by atomic mass is 32.1. The topological polar surface area (TPSA) is 98.5 Å². The van der Waals surface area contributed by atoms with Gasteiger partial charge in [0, 0.05) is 11.8 Å². The molecule has 1 aromatic heterocycles. The van der Waals surface area contributed by atoms with E-state index in [1.807, 2.05) is 12.1 Å². The van der Waals surface area contributed by atoms with E-state index in [0.29, 0.717) is 17.0 Å². The molecule has 0 unspecified atom stereocenters. The number of nitrogens with one attached hydrogen (secondary N) is 1. The molecule has 2 rings (SSSR count). The normalized spacial score (nSPS) is 10.3. The quantitative estimate of drug-likeness (QED) is 0.437. The van der Waals surface area contributed by atoms with E-state index in [0.717, 1.165) is 19.3 Å². The minimum absolute atomic E-state index is 0.0831. The second-order valence-electron chi connectivity index (χ2n) is 5.32. The van der Waals surface area contributed by atoms with Crippen LogP contribution in [0.25, 0.3) is 0 Å². The van der Waals surface area contributed by atoms with E-state index in [4.69, 9.17) is 4.74 Å². The van der Waals surface area contributed by atoms with Crippen LogP contribution in [0.5, 0.6) is 0 Å². The van der Waals surface area contributed by atoms with E-state index in [1.165, 1.54) is 17.7 Å². The van der Waals surface area contributed by atoms with Crippen molar-refractivity contribution in [2.45, 2.75) is 26.2 Å². The van der Waals surface area contributed by atoms with Crippen LogP contribution in [0, 0.1) is 10.1 Å². The number of nitro groups is 1. The number of hydrogen-bond donors (Lipinski definition) is 1. The second kappa shape index (κ2) is 8.93. The largest absolute Gasteiger partial charge is 0.451 e. The van der Waals surface area contributed by atoms with Crippen molar-refractivity contribution in [1.29, 1.82) is 0 Å². The van der Waals surface area contributed by atoms with Crippen molar-refractivity contribution in [2.75, 3.05) is 11.9 Å². The van der Waals surface area contributed by atoms with Crippen LogP contribution in [-0.4, -0.2) is 23.4 Å². The molecule has 0 fully saturated rings. The lowest BCUT2D eigenvalue weighted by Crippen LogP contribution is -2.20. The Hall–Kier alpha value is -2.74. The molecule has 25 heavy (non-hydrogen) atoms. The molecule has 1 aromatic carbocycles. The molecule has 0 spiro atoms. The zero-order chi connectivity index (χ0) is 18.2. The van der Waals surface area contributed by atoms with Gasteiger partial charge in [0.1, 0.15) is 4.88 Å². The number of nitrogens with zero attached hydrogens (tertiary/aromatic N) is 1. The third-order valence-corrected chi connectivity index (χ3v) is 4.38. The Morgan fingerprint density at radius 1 is 1.20 bits per heavy atom. The number of amides is 1. The van der Waals surface area contributed by atoms with Gasteiger partial charge in [0.25, 0.3) is 5.91 Å². The number of unbranched alkanes of at least 4 members (excludes halogenated alkanes) is 1. The van der Waals surface area contributed by atoms with Crippen LogP contribution in [0.3, 0.4) is 0 Å². The molecule has 2 aromatic rings. The Kier molecular flexibility index (Phi) is 6.64. The lowest BCUT2D eigenvalue weighted by molar-refractivity contribution is -0.380. The number of ether oxygens (including phenoxy) is 1. The Morgan fingerprint density at radius 2 is 1.92 bits per heavy atom. The third kappa shape index (κ3) is 5.68. The fraction of sp³-hybridized carbons (Fsp3) is 0.294. The summed E-state index contributed by atoms with van der Waals surface area (Å²) in [6, 6.07) is 10.0. The Bertz CT molecular complexity index is 755. The Balaban J connectivity index is 1.81. The summed E-state index contributed by atoms with van der Waals surface area (Å²) in [6.45, 7) is 1.67. The summed E-state index contributed by atoms with van der Waals surface area (Å²) in [6.07, 6.45) is 3.23. The average Bonchev–Trinajstić information content (AvgIpc) is 3.09. The predicted octanol–water partition coefficient (Wildman–Crippen LogP) is 3.79. The van der Waals surface area contributed by atoms with Gasteiger partial charge in [-0.25, -0.2) is 4.79 Å². The van der Waals surface area contributed by atoms with Crippen molar-refractivity contribution in [3.05, 3.63) is 57.0 Å². The van der Waals surface area contributed by atoms with E-state index in [-0.39, 0.29) is 9.88 Å². The number of carbonyl (C=O) groups excluding carboxylic acids is 2. The first-order chi connectivity index (χ1) is 12.0. The molecule has 0 atom stereocenters. The van der Waals surface area contributed by atoms with Gasteiger partial charge in [-0.1, -0.05) is 36.8 Å². The number of carbonyl (C=O) groups is 2. The fourth-order valence-corrected chi connectivity index (χ4v) is 2.78. The van der Waals surface area contributed by atoms with Crippen molar-refractivity contribution in [2.24, 2.45) is 0 Å². The lowest BCUT2D eigenvalue weighted by Gasteiger charge is -2.07. The maximum atomic E-state index is 11.8. The van der Waals surface area contributed by atoms with Crippen molar-refractivity contribution < 1.29 is 19.2 Å². The molecule has 0 aliphatic carbocycles. The highest BCUT2D eigenvalue weighted by molar-refractivity contribution is 7.17. The summed E-state index contributed by atoms with van der Waals surface area (Å²) in [5.74, 6) is -1.23. The van der Waals surface area contributed by atoms with Gasteiger partial charge in [-0.15, -0.1) is 0 Å². The minimum Gasteiger partial charge on any atom is -0.451 e. The molecule has 0 aliphatic rings. The Labute approximate surface area is 148 Å². The van der Waals surface area contributed by atoms with Crippen LogP contribution in [-0.2, 0) is 16.0 Å². The Morgan fingerprint density at radius 3 is 2.52 bits per heavy atom. The number of benzene rings is 1. The van der Waals surface area contributed by atoms with Crippen LogP contribution < -0.4 is 5.32 Å². The number of esters is 1. The molecule has 0 radical (unpaired) electrons. The summed E-state index contributed by atoms with van der Waals surface area (Å²) in [5.41, 5.74) is 1.82. The molecule has 1 heterocycles. The van der Waals surface area contributed by atoms with Crippen molar-refractivity contribution >= 4 is 33.9 Å². The summed E-state index contributed by atoms with van der Waals surface area (Å²) >= 11 is 0.707. The number of anilines is 1. The van der Waals surface area contributed by atoms with Gasteiger partial charge in [0.05, 0.1) is 4.92 Å². The number of hydrogen-bond acceptors (Lipinski definition) is 6. The molecule has 0 saturated heterocycles. The van der Waals surface area contributed by atoms with Crippen molar-refractivity contribution in [3.8, 4) is 0 Å². The van der Waals surface area contributed by atoms with Crippen molar-refractivity contribution in [1.82, 2.24) is 0 Å². The van der Waals surface area contributed by atoms with Gasteiger partial charge in [-0.3, -0.25) is 14.9 Å². The van der Waals surface area contributed by atoms with Gasteiger partial charge in [-0.2, -0.15) is 0 Å². The van der Waals surface area contributed by atoms with Gasteiger partial charge in [0.15, 0.2) is 6.61 Å². The zero-order valence-corrected chi connectivity index (χ0v) is 14.5. The third-order valence-electron chi connectivity index (χ3n) is 3.36. The lowest BCUT2D eigenvalue weighted by atomic mass is 10.1. The number of aryl methyl sites for hydroxylation is 1. The number of rotatable bonds is 8. The monoisotopic (exact) mass is 362 g/mol. The van der Waals surface area contributed by atoms with Crippen molar-refractivity contribution in [3.63, 3.8) is 0 Å². The molecular weight excluding hydrogens is 344 g/mol. The minimum atomic E-state index is -0.761. The van der Waals surface area contributed by atoms with Crippen LogP contribution in [0.2, 0.25) is 0 Å². The first-order valence-electron chi connectivity index (χ1n) is 7.79. The molecule has 0 bridgehead atoms. The molecule has 0 aliphatic heterocycles. The first kappa shape index (κ1) is 18.6. The second-order valence-corrected chi connectivity index (χ2v) is 6.38. The van der Waals surface area contributed by atoms with Crippen LogP contribution in [0.15, 0.2) is 36.4 Å². The molecule has 1 amide bonds. The standard InChI is InChI=1S/C17H18N2O5S/c1-2-3-4-12-5-7-13(8-6-12)18-15(20)11-24-17(21)14-9-10-16(25-14)19(22)23/h5-10H,2-4,11H2,1H3,(H,18,20).